The van der Waals surface area contributed by atoms with Crippen molar-refractivity contribution in [1.29, 1.82) is 5.26 Å². The zero-order chi connectivity index (χ0) is 24.4. The average molecular weight is 449 g/mol. The Morgan fingerprint density at radius 2 is 1.79 bits per heavy atom. The van der Waals surface area contributed by atoms with Crippen LogP contribution in [0.2, 0.25) is 0 Å². The van der Waals surface area contributed by atoms with Gasteiger partial charge in [-0.05, 0) is 56.0 Å². The fourth-order valence-corrected chi connectivity index (χ4v) is 2.94. The summed E-state index contributed by atoms with van der Waals surface area (Å²) in [6.45, 7) is 5.39. The van der Waals surface area contributed by atoms with Gasteiger partial charge in [-0.1, -0.05) is 48.5 Å². The number of rotatable bonds is 8. The summed E-state index contributed by atoms with van der Waals surface area (Å²) in [6.07, 6.45) is 0.886. The maximum atomic E-state index is 12.3. The molecule has 172 valence electrons. The van der Waals surface area contributed by atoms with Crippen molar-refractivity contribution in [2.24, 2.45) is 0 Å². The number of hydrogen-bond acceptors (Lipinski definition) is 6. The average Bonchev–Trinajstić information content (AvgIpc) is 2.75. The molecule has 0 heterocycles. The van der Waals surface area contributed by atoms with E-state index in [0.717, 1.165) is 5.56 Å². The molecule has 0 radical (unpaired) electrons. The highest BCUT2D eigenvalue weighted by Crippen LogP contribution is 2.12. The second-order valence-electron chi connectivity index (χ2n) is 8.55. The Bertz CT molecular complexity index is 1030. The van der Waals surface area contributed by atoms with Gasteiger partial charge in [0.2, 0.25) is 0 Å². The van der Waals surface area contributed by atoms with Crippen molar-refractivity contribution in [2.75, 3.05) is 0 Å². The first-order chi connectivity index (χ1) is 15.6. The SMILES string of the molecule is CC(C)(C)NC(=O)C(C#N)=Cc1cccc(COC(=O)NC(Cc2ccccc2)B(O)O)c1. The van der Waals surface area contributed by atoms with Crippen LogP contribution >= 0.6 is 0 Å². The number of benzene rings is 2. The second-order valence-corrected chi connectivity index (χ2v) is 8.55. The lowest BCUT2D eigenvalue weighted by molar-refractivity contribution is -0.118. The van der Waals surface area contributed by atoms with Crippen molar-refractivity contribution in [1.82, 2.24) is 10.6 Å². The minimum absolute atomic E-state index is 0.0403. The van der Waals surface area contributed by atoms with Crippen molar-refractivity contribution in [3.63, 3.8) is 0 Å². The minimum Gasteiger partial charge on any atom is -0.445 e. The van der Waals surface area contributed by atoms with E-state index >= 15 is 0 Å². The van der Waals surface area contributed by atoms with E-state index in [9.17, 15) is 24.9 Å². The highest BCUT2D eigenvalue weighted by atomic mass is 16.5. The molecule has 2 aromatic carbocycles. The number of alkyl carbamates (subject to hydrolysis) is 1. The Morgan fingerprint density at radius 1 is 1.12 bits per heavy atom. The summed E-state index contributed by atoms with van der Waals surface area (Å²) >= 11 is 0. The molecule has 1 unspecified atom stereocenters. The quantitative estimate of drug-likeness (QED) is 0.278. The number of carbonyl (C=O) groups excluding carboxylic acids is 2. The van der Waals surface area contributed by atoms with Crippen molar-refractivity contribution in [3.05, 3.63) is 76.9 Å². The summed E-state index contributed by atoms with van der Waals surface area (Å²) < 4.78 is 5.21. The molecule has 2 aromatic rings. The third kappa shape index (κ3) is 9.19. The summed E-state index contributed by atoms with van der Waals surface area (Å²) in [6, 6.07) is 17.9. The number of nitrogens with one attached hydrogen (secondary N) is 2. The molecule has 0 aliphatic rings. The molecule has 8 nitrogen and oxygen atoms in total. The first-order valence-electron chi connectivity index (χ1n) is 10.4. The van der Waals surface area contributed by atoms with E-state index in [-0.39, 0.29) is 18.6 Å². The summed E-state index contributed by atoms with van der Waals surface area (Å²) in [5.74, 6) is -1.41. The van der Waals surface area contributed by atoms with Gasteiger partial charge in [-0.3, -0.25) is 4.79 Å². The fourth-order valence-electron chi connectivity index (χ4n) is 2.94. The molecule has 33 heavy (non-hydrogen) atoms. The number of nitrogens with zero attached hydrogens (tertiary/aromatic N) is 1. The van der Waals surface area contributed by atoms with Crippen LogP contribution < -0.4 is 10.6 Å². The van der Waals surface area contributed by atoms with E-state index in [0.29, 0.717) is 11.1 Å². The van der Waals surface area contributed by atoms with Crippen molar-refractivity contribution in [3.8, 4) is 6.07 Å². The van der Waals surface area contributed by atoms with Crippen LogP contribution in [-0.2, 0) is 22.6 Å². The van der Waals surface area contributed by atoms with E-state index < -0.39 is 30.6 Å². The monoisotopic (exact) mass is 449 g/mol. The normalized spacial score (nSPS) is 12.3. The molecule has 0 spiro atoms. The molecule has 1 atom stereocenters. The van der Waals surface area contributed by atoms with Gasteiger partial charge in [-0.25, -0.2) is 4.79 Å². The van der Waals surface area contributed by atoms with Crippen LogP contribution in [0.5, 0.6) is 0 Å². The Labute approximate surface area is 194 Å². The fraction of sp³-hybridized carbons (Fsp3) is 0.292. The number of amides is 2. The molecule has 0 aliphatic heterocycles. The number of ether oxygens (including phenoxy) is 1. The molecule has 2 rings (SSSR count). The van der Waals surface area contributed by atoms with Crippen molar-refractivity contribution < 1.29 is 24.4 Å². The maximum Gasteiger partial charge on any atom is 0.475 e. The highest BCUT2D eigenvalue weighted by Gasteiger charge is 2.26. The topological polar surface area (TPSA) is 132 Å². The third-order valence-corrected chi connectivity index (χ3v) is 4.45. The minimum atomic E-state index is -1.75. The van der Waals surface area contributed by atoms with Crippen LogP contribution in [0.4, 0.5) is 4.79 Å². The summed E-state index contributed by atoms with van der Waals surface area (Å²) in [7, 11) is -1.75. The molecular formula is C24H28BN3O5. The molecule has 0 saturated carbocycles. The summed E-state index contributed by atoms with van der Waals surface area (Å²) in [5.41, 5.74) is 1.55. The Kier molecular flexibility index (Phi) is 9.22. The van der Waals surface area contributed by atoms with Gasteiger partial charge in [-0.15, -0.1) is 0 Å². The summed E-state index contributed by atoms with van der Waals surface area (Å²) in [4.78, 5) is 24.5. The zero-order valence-electron chi connectivity index (χ0n) is 18.9. The molecule has 0 aliphatic carbocycles. The predicted molar refractivity (Wildman–Crippen MR) is 125 cm³/mol. The van der Waals surface area contributed by atoms with Crippen molar-refractivity contribution >= 4 is 25.2 Å². The van der Waals surface area contributed by atoms with Gasteiger partial charge in [0.25, 0.3) is 5.91 Å². The van der Waals surface area contributed by atoms with Crippen LogP contribution in [0, 0.1) is 11.3 Å². The largest absolute Gasteiger partial charge is 0.475 e. The molecule has 0 saturated heterocycles. The van der Waals surface area contributed by atoms with Crippen LogP contribution in [-0.4, -0.2) is 40.6 Å². The van der Waals surface area contributed by atoms with Crippen LogP contribution in [0.1, 0.15) is 37.5 Å². The van der Waals surface area contributed by atoms with Crippen LogP contribution in [0.15, 0.2) is 60.2 Å². The van der Waals surface area contributed by atoms with Crippen molar-refractivity contribution in [2.45, 2.75) is 45.3 Å². The molecule has 9 heteroatoms. The van der Waals surface area contributed by atoms with E-state index in [1.54, 1.807) is 24.3 Å². The molecule has 4 N–H and O–H groups in total. The Balaban J connectivity index is 1.99. The van der Waals surface area contributed by atoms with Gasteiger partial charge < -0.3 is 25.4 Å². The van der Waals surface area contributed by atoms with E-state index in [1.165, 1.54) is 6.08 Å². The second kappa shape index (κ2) is 11.9. The standard InChI is InChI=1S/C24H28BN3O5/c1-24(2,3)28-22(29)20(15-26)13-18-10-7-11-19(12-18)16-33-23(30)27-21(25(31)32)14-17-8-5-4-6-9-17/h4-13,21,31-32H,14,16H2,1-3H3,(H,27,30)(H,28,29). The lowest BCUT2D eigenvalue weighted by atomic mass is 9.76. The van der Waals surface area contributed by atoms with Gasteiger partial charge >= 0.3 is 13.2 Å². The van der Waals surface area contributed by atoms with Crippen LogP contribution in [0.3, 0.4) is 0 Å². The van der Waals surface area contributed by atoms with Gasteiger partial charge in [0, 0.05) is 5.54 Å². The number of hydrogen-bond donors (Lipinski definition) is 4. The van der Waals surface area contributed by atoms with E-state index in [1.807, 2.05) is 57.2 Å². The van der Waals surface area contributed by atoms with Gasteiger partial charge in [0.1, 0.15) is 18.2 Å². The lowest BCUT2D eigenvalue weighted by Gasteiger charge is -2.20. The third-order valence-electron chi connectivity index (χ3n) is 4.45. The molecular weight excluding hydrogens is 421 g/mol. The molecule has 0 bridgehead atoms. The van der Waals surface area contributed by atoms with E-state index in [2.05, 4.69) is 10.6 Å². The number of nitriles is 1. The Hall–Kier alpha value is -3.61. The zero-order valence-corrected chi connectivity index (χ0v) is 18.9. The first kappa shape index (κ1) is 25.7. The highest BCUT2D eigenvalue weighted by molar-refractivity contribution is 6.43. The van der Waals surface area contributed by atoms with Gasteiger partial charge in [0.15, 0.2) is 0 Å². The first-order valence-corrected chi connectivity index (χ1v) is 10.4. The molecule has 0 fully saturated rings. The lowest BCUT2D eigenvalue weighted by Crippen LogP contribution is -2.48. The maximum absolute atomic E-state index is 12.3. The smallest absolute Gasteiger partial charge is 0.445 e. The van der Waals surface area contributed by atoms with Gasteiger partial charge in [0.05, 0.1) is 5.94 Å². The Morgan fingerprint density at radius 3 is 2.39 bits per heavy atom. The summed E-state index contributed by atoms with van der Waals surface area (Å²) in [5, 5.41) is 33.7. The predicted octanol–water partition coefficient (Wildman–Crippen LogP) is 2.36. The van der Waals surface area contributed by atoms with E-state index in [4.69, 9.17) is 4.74 Å². The van der Waals surface area contributed by atoms with Gasteiger partial charge in [-0.2, -0.15) is 5.26 Å². The molecule has 0 aromatic heterocycles. The molecule has 2 amide bonds. The number of carbonyl (C=O) groups is 2. The van der Waals surface area contributed by atoms with Crippen LogP contribution in [0.25, 0.3) is 6.08 Å².